The van der Waals surface area contributed by atoms with E-state index in [1.807, 2.05) is 54.5 Å². The normalized spacial score (nSPS) is 10.7. The van der Waals surface area contributed by atoms with Crippen LogP contribution in [0.25, 0.3) is 0 Å². The summed E-state index contributed by atoms with van der Waals surface area (Å²) in [6.45, 7) is 4.54. The van der Waals surface area contributed by atoms with Crippen LogP contribution in [0.15, 0.2) is 35.7 Å². The highest BCUT2D eigenvalue weighted by molar-refractivity contribution is 7.12. The molecule has 2 aromatic rings. The Bertz CT molecular complexity index is 622. The number of ether oxygens (including phenoxy) is 1. The van der Waals surface area contributed by atoms with Crippen molar-refractivity contribution in [3.05, 3.63) is 46.2 Å². The molecule has 2 N–H and O–H groups in total. The van der Waals surface area contributed by atoms with E-state index in [2.05, 4.69) is 0 Å². The SMILES string of the molecule is COc1ccsc1C(=O)N(Cc1cccc(N)c1)C(C)C. The molecule has 0 radical (unpaired) electrons. The van der Waals surface area contributed by atoms with Gasteiger partial charge in [0, 0.05) is 18.3 Å². The predicted molar refractivity (Wildman–Crippen MR) is 86.7 cm³/mol. The van der Waals surface area contributed by atoms with Gasteiger partial charge in [0.25, 0.3) is 5.91 Å². The highest BCUT2D eigenvalue weighted by Crippen LogP contribution is 2.27. The van der Waals surface area contributed by atoms with Crippen LogP contribution in [0.5, 0.6) is 5.75 Å². The van der Waals surface area contributed by atoms with Gasteiger partial charge in [-0.05, 0) is 43.0 Å². The van der Waals surface area contributed by atoms with Gasteiger partial charge in [-0.2, -0.15) is 0 Å². The molecular weight excluding hydrogens is 284 g/mol. The van der Waals surface area contributed by atoms with Crippen LogP contribution in [0.2, 0.25) is 0 Å². The lowest BCUT2D eigenvalue weighted by Gasteiger charge is -2.27. The molecule has 0 aliphatic rings. The Kier molecular flexibility index (Phi) is 4.85. The minimum absolute atomic E-state index is 0.0146. The number of amides is 1. The third-order valence-corrected chi connectivity index (χ3v) is 4.12. The number of carbonyl (C=O) groups is 1. The van der Waals surface area contributed by atoms with Crippen molar-refractivity contribution in [1.82, 2.24) is 4.90 Å². The van der Waals surface area contributed by atoms with E-state index < -0.39 is 0 Å². The first-order valence-corrected chi connectivity index (χ1v) is 7.67. The maximum absolute atomic E-state index is 12.7. The Morgan fingerprint density at radius 1 is 1.38 bits per heavy atom. The fourth-order valence-corrected chi connectivity index (χ4v) is 2.93. The molecule has 2 rings (SSSR count). The standard InChI is InChI=1S/C16H20N2O2S/c1-11(2)18(10-12-5-4-6-13(17)9-12)16(19)15-14(20-3)7-8-21-15/h4-9,11H,10,17H2,1-3H3. The molecule has 4 nitrogen and oxygen atoms in total. The van der Waals surface area contributed by atoms with Gasteiger partial charge in [0.05, 0.1) is 7.11 Å². The van der Waals surface area contributed by atoms with Crippen molar-refractivity contribution in [3.8, 4) is 5.75 Å². The van der Waals surface area contributed by atoms with Crippen LogP contribution in [-0.2, 0) is 6.54 Å². The van der Waals surface area contributed by atoms with Gasteiger partial charge in [-0.15, -0.1) is 11.3 Å². The molecule has 0 saturated carbocycles. The minimum atomic E-state index is -0.0146. The third kappa shape index (κ3) is 3.55. The Morgan fingerprint density at radius 2 is 2.14 bits per heavy atom. The van der Waals surface area contributed by atoms with Crippen molar-refractivity contribution >= 4 is 22.9 Å². The summed E-state index contributed by atoms with van der Waals surface area (Å²) in [6.07, 6.45) is 0. The molecule has 112 valence electrons. The molecular formula is C16H20N2O2S. The molecule has 1 heterocycles. The molecule has 0 unspecified atom stereocenters. The largest absolute Gasteiger partial charge is 0.495 e. The van der Waals surface area contributed by atoms with Crippen LogP contribution in [0.1, 0.15) is 29.1 Å². The van der Waals surface area contributed by atoms with E-state index in [-0.39, 0.29) is 11.9 Å². The molecule has 0 saturated heterocycles. The summed E-state index contributed by atoms with van der Waals surface area (Å²) in [7, 11) is 1.58. The molecule has 0 aliphatic heterocycles. The fraction of sp³-hybridized carbons (Fsp3) is 0.312. The second-order valence-corrected chi connectivity index (χ2v) is 6.01. The topological polar surface area (TPSA) is 55.6 Å². The number of benzene rings is 1. The van der Waals surface area contributed by atoms with Crippen LogP contribution in [0, 0.1) is 0 Å². The number of hydrogen-bond acceptors (Lipinski definition) is 4. The van der Waals surface area contributed by atoms with Crippen molar-refractivity contribution in [2.45, 2.75) is 26.4 Å². The number of rotatable bonds is 5. The second-order valence-electron chi connectivity index (χ2n) is 5.09. The zero-order valence-electron chi connectivity index (χ0n) is 12.5. The number of nitrogen functional groups attached to an aromatic ring is 1. The maximum atomic E-state index is 12.7. The quantitative estimate of drug-likeness (QED) is 0.861. The second kappa shape index (κ2) is 6.63. The van der Waals surface area contributed by atoms with Gasteiger partial charge in [0.15, 0.2) is 0 Å². The number of hydrogen-bond donors (Lipinski definition) is 1. The summed E-state index contributed by atoms with van der Waals surface area (Å²) in [6, 6.07) is 9.52. The number of nitrogens with zero attached hydrogens (tertiary/aromatic N) is 1. The lowest BCUT2D eigenvalue weighted by atomic mass is 10.1. The fourth-order valence-electron chi connectivity index (χ4n) is 2.12. The predicted octanol–water partition coefficient (Wildman–Crippen LogP) is 3.39. The van der Waals surface area contributed by atoms with Gasteiger partial charge in [0.2, 0.25) is 0 Å². The van der Waals surface area contributed by atoms with Crippen LogP contribution in [0.3, 0.4) is 0 Å². The molecule has 21 heavy (non-hydrogen) atoms. The van der Waals surface area contributed by atoms with E-state index in [9.17, 15) is 4.79 Å². The Morgan fingerprint density at radius 3 is 2.76 bits per heavy atom. The first-order valence-electron chi connectivity index (χ1n) is 6.79. The molecule has 0 spiro atoms. The van der Waals surface area contributed by atoms with Gasteiger partial charge in [-0.1, -0.05) is 12.1 Å². The summed E-state index contributed by atoms with van der Waals surface area (Å²) in [4.78, 5) is 15.2. The van der Waals surface area contributed by atoms with E-state index >= 15 is 0 Å². The summed E-state index contributed by atoms with van der Waals surface area (Å²) < 4.78 is 5.25. The average molecular weight is 304 g/mol. The zero-order chi connectivity index (χ0) is 15.4. The van der Waals surface area contributed by atoms with E-state index in [1.54, 1.807) is 7.11 Å². The number of thiophene rings is 1. The number of nitrogens with two attached hydrogens (primary N) is 1. The van der Waals surface area contributed by atoms with E-state index in [1.165, 1.54) is 11.3 Å². The Balaban J connectivity index is 2.25. The molecule has 0 bridgehead atoms. The summed E-state index contributed by atoms with van der Waals surface area (Å²) in [5.74, 6) is 0.613. The first-order chi connectivity index (χ1) is 10.0. The highest BCUT2D eigenvalue weighted by atomic mass is 32.1. The molecule has 0 aliphatic carbocycles. The lowest BCUT2D eigenvalue weighted by Crippen LogP contribution is -2.36. The van der Waals surface area contributed by atoms with Crippen LogP contribution >= 0.6 is 11.3 Å². The Labute approximate surface area is 129 Å². The molecule has 0 atom stereocenters. The Hall–Kier alpha value is -2.01. The molecule has 5 heteroatoms. The van der Waals surface area contributed by atoms with Crippen molar-refractivity contribution in [1.29, 1.82) is 0 Å². The first kappa shape index (κ1) is 15.4. The smallest absolute Gasteiger partial charge is 0.268 e. The minimum Gasteiger partial charge on any atom is -0.495 e. The maximum Gasteiger partial charge on any atom is 0.268 e. The van der Waals surface area contributed by atoms with Gasteiger partial charge < -0.3 is 15.4 Å². The monoisotopic (exact) mass is 304 g/mol. The van der Waals surface area contributed by atoms with Gasteiger partial charge in [-0.3, -0.25) is 4.79 Å². The van der Waals surface area contributed by atoms with Gasteiger partial charge in [0.1, 0.15) is 10.6 Å². The van der Waals surface area contributed by atoms with E-state index in [4.69, 9.17) is 10.5 Å². The number of anilines is 1. The van der Waals surface area contributed by atoms with Gasteiger partial charge >= 0.3 is 0 Å². The summed E-state index contributed by atoms with van der Waals surface area (Å²) >= 11 is 1.40. The van der Waals surface area contributed by atoms with Crippen LogP contribution < -0.4 is 10.5 Å². The number of carbonyl (C=O) groups excluding carboxylic acids is 1. The summed E-state index contributed by atoms with van der Waals surface area (Å²) in [5, 5.41) is 1.87. The van der Waals surface area contributed by atoms with Crippen molar-refractivity contribution in [2.24, 2.45) is 0 Å². The van der Waals surface area contributed by atoms with Crippen LogP contribution in [-0.4, -0.2) is 24.0 Å². The molecule has 1 amide bonds. The number of methoxy groups -OCH3 is 1. The average Bonchev–Trinajstić information content (AvgIpc) is 2.92. The van der Waals surface area contributed by atoms with Crippen molar-refractivity contribution < 1.29 is 9.53 Å². The molecule has 0 fully saturated rings. The highest BCUT2D eigenvalue weighted by Gasteiger charge is 2.23. The lowest BCUT2D eigenvalue weighted by molar-refractivity contribution is 0.0692. The zero-order valence-corrected chi connectivity index (χ0v) is 13.3. The van der Waals surface area contributed by atoms with Crippen molar-refractivity contribution in [3.63, 3.8) is 0 Å². The summed E-state index contributed by atoms with van der Waals surface area (Å²) in [5.41, 5.74) is 7.53. The van der Waals surface area contributed by atoms with Gasteiger partial charge in [-0.25, -0.2) is 0 Å². The molecule has 1 aromatic heterocycles. The van der Waals surface area contributed by atoms with E-state index in [0.29, 0.717) is 22.9 Å². The van der Waals surface area contributed by atoms with Crippen molar-refractivity contribution in [2.75, 3.05) is 12.8 Å². The molecule has 1 aromatic carbocycles. The van der Waals surface area contributed by atoms with E-state index in [0.717, 1.165) is 5.56 Å². The van der Waals surface area contributed by atoms with Crippen LogP contribution in [0.4, 0.5) is 5.69 Å². The third-order valence-electron chi connectivity index (χ3n) is 3.23.